The number of nitrogens with zero attached hydrogens (tertiary/aromatic N) is 1. The largest absolute Gasteiger partial charge is 0.393 e. The quantitative estimate of drug-likeness (QED) is 0.612. The summed E-state index contributed by atoms with van der Waals surface area (Å²) in [6, 6.07) is -0.192. The third kappa shape index (κ3) is 2.55. The van der Waals surface area contributed by atoms with Gasteiger partial charge in [0.2, 0.25) is 11.8 Å². The Bertz CT molecular complexity index is 381. The molecule has 18 heavy (non-hydrogen) atoms. The summed E-state index contributed by atoms with van der Waals surface area (Å²) in [6.07, 6.45) is 1.39. The van der Waals surface area contributed by atoms with Gasteiger partial charge in [0.1, 0.15) is 0 Å². The van der Waals surface area contributed by atoms with Gasteiger partial charge in [0, 0.05) is 18.9 Å². The Morgan fingerprint density at radius 2 is 2.06 bits per heavy atom. The van der Waals surface area contributed by atoms with Gasteiger partial charge in [-0.15, -0.1) is 0 Å². The molecule has 2 amide bonds. The van der Waals surface area contributed by atoms with Crippen LogP contribution in [0, 0.1) is 11.3 Å². The van der Waals surface area contributed by atoms with Gasteiger partial charge < -0.3 is 5.73 Å². The molecule has 1 saturated heterocycles. The first-order valence-electron chi connectivity index (χ1n) is 6.38. The normalized spacial score (nSPS) is 25.9. The zero-order chi connectivity index (χ0) is 14.1. The summed E-state index contributed by atoms with van der Waals surface area (Å²) in [5, 5.41) is 0. The van der Waals surface area contributed by atoms with Crippen molar-refractivity contribution < 1.29 is 9.59 Å². The predicted octanol–water partition coefficient (Wildman–Crippen LogP) is 1.86. The first kappa shape index (κ1) is 15.1. The van der Waals surface area contributed by atoms with Crippen molar-refractivity contribution in [2.24, 2.45) is 17.1 Å². The Hall–Kier alpha value is -0.970. The minimum atomic E-state index is -0.583. The number of hydrogen-bond donors (Lipinski definition) is 1. The highest BCUT2D eigenvalue weighted by molar-refractivity contribution is 7.80. The lowest BCUT2D eigenvalue weighted by Gasteiger charge is -2.29. The molecule has 2 atom stereocenters. The van der Waals surface area contributed by atoms with E-state index in [1.165, 1.54) is 4.90 Å². The molecule has 0 saturated carbocycles. The van der Waals surface area contributed by atoms with Crippen LogP contribution in [0.1, 0.15) is 47.0 Å². The molecule has 1 fully saturated rings. The van der Waals surface area contributed by atoms with E-state index in [0.29, 0.717) is 17.8 Å². The van der Waals surface area contributed by atoms with E-state index in [4.69, 9.17) is 18.0 Å². The molecule has 0 aliphatic carbocycles. The first-order valence-corrected chi connectivity index (χ1v) is 6.79. The van der Waals surface area contributed by atoms with Crippen LogP contribution in [0.25, 0.3) is 0 Å². The monoisotopic (exact) mass is 270 g/mol. The number of hydrogen-bond acceptors (Lipinski definition) is 3. The van der Waals surface area contributed by atoms with E-state index in [1.807, 2.05) is 27.7 Å². The lowest BCUT2D eigenvalue weighted by molar-refractivity contribution is -0.144. The smallest absolute Gasteiger partial charge is 0.236 e. The Kier molecular flexibility index (Phi) is 4.48. The first-order chi connectivity index (χ1) is 8.24. The second kappa shape index (κ2) is 5.34. The zero-order valence-electron chi connectivity index (χ0n) is 11.5. The number of amides is 2. The fourth-order valence-electron chi connectivity index (χ4n) is 2.33. The highest BCUT2D eigenvalue weighted by atomic mass is 32.1. The summed E-state index contributed by atoms with van der Waals surface area (Å²) in [5.74, 6) is -0.0359. The summed E-state index contributed by atoms with van der Waals surface area (Å²) < 4.78 is 0. The molecule has 0 aromatic rings. The van der Waals surface area contributed by atoms with Crippen molar-refractivity contribution in [2.45, 2.75) is 53.0 Å². The maximum Gasteiger partial charge on any atom is 0.236 e. The van der Waals surface area contributed by atoms with E-state index < -0.39 is 5.41 Å². The van der Waals surface area contributed by atoms with Crippen LogP contribution >= 0.6 is 12.2 Å². The minimum Gasteiger partial charge on any atom is -0.393 e. The molecule has 1 aliphatic heterocycles. The Morgan fingerprint density at radius 1 is 1.50 bits per heavy atom. The minimum absolute atomic E-state index is 0.0781. The topological polar surface area (TPSA) is 63.4 Å². The van der Waals surface area contributed by atoms with Crippen LogP contribution in [0.4, 0.5) is 0 Å². The Balaban J connectivity index is 3.00. The lowest BCUT2D eigenvalue weighted by Crippen LogP contribution is -2.44. The molecule has 102 valence electrons. The average Bonchev–Trinajstić information content (AvgIpc) is 2.48. The summed E-state index contributed by atoms with van der Waals surface area (Å²) in [5.41, 5.74) is 4.95. The van der Waals surface area contributed by atoms with Gasteiger partial charge >= 0.3 is 0 Å². The van der Waals surface area contributed by atoms with E-state index in [1.54, 1.807) is 0 Å². The fourth-order valence-corrected chi connectivity index (χ4v) is 2.53. The van der Waals surface area contributed by atoms with Gasteiger partial charge in [0.25, 0.3) is 0 Å². The lowest BCUT2D eigenvalue weighted by atomic mass is 9.78. The van der Waals surface area contributed by atoms with Crippen molar-refractivity contribution in [1.82, 2.24) is 4.90 Å². The standard InChI is InChI=1S/C13H22N2O2S/c1-5-9(6-10(14)18)15-11(16)7-13(4,8(2)3)12(15)17/h8-9H,5-7H2,1-4H3,(H2,14,18). The number of carbonyl (C=O) groups is 2. The van der Waals surface area contributed by atoms with Crippen molar-refractivity contribution in [3.63, 3.8) is 0 Å². The molecule has 2 N–H and O–H groups in total. The van der Waals surface area contributed by atoms with Crippen molar-refractivity contribution in [3.8, 4) is 0 Å². The third-order valence-electron chi connectivity index (χ3n) is 4.04. The van der Waals surface area contributed by atoms with Crippen LogP contribution in [0.5, 0.6) is 0 Å². The maximum absolute atomic E-state index is 12.5. The van der Waals surface area contributed by atoms with E-state index in [9.17, 15) is 9.59 Å². The molecule has 1 heterocycles. The number of rotatable bonds is 5. The van der Waals surface area contributed by atoms with Crippen molar-refractivity contribution in [2.75, 3.05) is 0 Å². The van der Waals surface area contributed by atoms with Crippen molar-refractivity contribution in [1.29, 1.82) is 0 Å². The molecule has 0 bridgehead atoms. The molecule has 4 nitrogen and oxygen atoms in total. The summed E-state index contributed by atoms with van der Waals surface area (Å²) in [6.45, 7) is 7.76. The van der Waals surface area contributed by atoms with Crippen LogP contribution in [0.2, 0.25) is 0 Å². The number of carbonyl (C=O) groups excluding carboxylic acids is 2. The van der Waals surface area contributed by atoms with Gasteiger partial charge in [0.15, 0.2) is 0 Å². The molecule has 1 rings (SSSR count). The molecule has 0 spiro atoms. The number of nitrogens with two attached hydrogens (primary N) is 1. The highest BCUT2D eigenvalue weighted by Crippen LogP contribution is 2.40. The van der Waals surface area contributed by atoms with Crippen LogP contribution in [0.15, 0.2) is 0 Å². The second-order valence-electron chi connectivity index (χ2n) is 5.55. The number of thiocarbonyl (C=S) groups is 1. The van der Waals surface area contributed by atoms with Gasteiger partial charge in [0.05, 0.1) is 10.4 Å². The van der Waals surface area contributed by atoms with Gasteiger partial charge in [-0.1, -0.05) is 33.0 Å². The van der Waals surface area contributed by atoms with E-state index in [2.05, 4.69) is 0 Å². The predicted molar refractivity (Wildman–Crippen MR) is 74.9 cm³/mol. The fraction of sp³-hybridized carbons (Fsp3) is 0.769. The molecule has 2 unspecified atom stereocenters. The second-order valence-corrected chi connectivity index (χ2v) is 6.07. The van der Waals surface area contributed by atoms with E-state index in [-0.39, 0.29) is 30.2 Å². The maximum atomic E-state index is 12.5. The van der Waals surface area contributed by atoms with E-state index >= 15 is 0 Å². The summed E-state index contributed by atoms with van der Waals surface area (Å²) in [7, 11) is 0. The Morgan fingerprint density at radius 3 is 2.39 bits per heavy atom. The van der Waals surface area contributed by atoms with Crippen LogP contribution in [-0.4, -0.2) is 27.7 Å². The molecule has 0 aromatic carbocycles. The van der Waals surface area contributed by atoms with Gasteiger partial charge in [-0.2, -0.15) is 0 Å². The number of imide groups is 1. The highest BCUT2D eigenvalue weighted by Gasteiger charge is 2.51. The molecular formula is C13H22N2O2S. The van der Waals surface area contributed by atoms with Crippen molar-refractivity contribution in [3.05, 3.63) is 0 Å². The molecular weight excluding hydrogens is 248 g/mol. The van der Waals surface area contributed by atoms with Crippen LogP contribution < -0.4 is 5.73 Å². The number of likely N-dealkylation sites (tertiary alicyclic amines) is 1. The summed E-state index contributed by atoms with van der Waals surface area (Å²) in [4.78, 5) is 26.3. The molecule has 1 aliphatic rings. The van der Waals surface area contributed by atoms with Crippen LogP contribution in [0.3, 0.4) is 0 Å². The third-order valence-corrected chi connectivity index (χ3v) is 4.21. The zero-order valence-corrected chi connectivity index (χ0v) is 12.3. The average molecular weight is 270 g/mol. The Labute approximate surface area is 114 Å². The molecule has 5 heteroatoms. The SMILES string of the molecule is CCC(CC(N)=S)N1C(=O)CC(C)(C(C)C)C1=O. The summed E-state index contributed by atoms with van der Waals surface area (Å²) >= 11 is 4.89. The van der Waals surface area contributed by atoms with Gasteiger partial charge in [-0.3, -0.25) is 14.5 Å². The molecule has 0 aromatic heterocycles. The van der Waals surface area contributed by atoms with Gasteiger partial charge in [-0.25, -0.2) is 0 Å². The van der Waals surface area contributed by atoms with E-state index in [0.717, 1.165) is 0 Å². The van der Waals surface area contributed by atoms with Gasteiger partial charge in [-0.05, 0) is 19.3 Å². The van der Waals surface area contributed by atoms with Crippen LogP contribution in [-0.2, 0) is 9.59 Å². The van der Waals surface area contributed by atoms with Crippen molar-refractivity contribution >= 4 is 29.0 Å². The molecule has 0 radical (unpaired) electrons.